The number of para-hydroxylation sites is 1. The van der Waals surface area contributed by atoms with Crippen molar-refractivity contribution in [1.82, 2.24) is 0 Å². The highest BCUT2D eigenvalue weighted by Gasteiger charge is 2.16. The van der Waals surface area contributed by atoms with Crippen LogP contribution in [0.25, 0.3) is 0 Å². The number of carbonyl (C=O) groups excluding carboxylic acids is 2. The monoisotopic (exact) mass is 374 g/mol. The zero-order valence-electron chi connectivity index (χ0n) is 15.9. The highest BCUT2D eigenvalue weighted by Crippen LogP contribution is 2.24. The van der Waals surface area contributed by atoms with E-state index in [1.807, 2.05) is 61.5 Å². The first-order valence-corrected chi connectivity index (χ1v) is 8.99. The molecular weight excluding hydrogens is 352 g/mol. The lowest BCUT2D eigenvalue weighted by Gasteiger charge is -2.21. The number of anilines is 2. The van der Waals surface area contributed by atoms with Crippen molar-refractivity contribution in [1.29, 1.82) is 0 Å². The molecule has 0 fully saturated rings. The summed E-state index contributed by atoms with van der Waals surface area (Å²) in [6.07, 6.45) is 0. The number of ether oxygens (including phenoxy) is 1. The standard InChI is InChI=1S/C23H22N2O3/c1-17-7-6-8-19(15-17)24-23(27)16-25(18(2)26)20-11-13-22(14-12-20)28-21-9-4-3-5-10-21/h3-15H,16H2,1-2H3,(H,24,27). The Hall–Kier alpha value is -3.60. The van der Waals surface area contributed by atoms with Gasteiger partial charge in [-0.1, -0.05) is 30.3 Å². The summed E-state index contributed by atoms with van der Waals surface area (Å²) in [6, 6.07) is 24.0. The highest BCUT2D eigenvalue weighted by molar-refractivity contribution is 6.01. The molecule has 5 nitrogen and oxygen atoms in total. The summed E-state index contributed by atoms with van der Waals surface area (Å²) in [5.41, 5.74) is 2.39. The van der Waals surface area contributed by atoms with Crippen LogP contribution in [0.2, 0.25) is 0 Å². The minimum atomic E-state index is -0.259. The minimum Gasteiger partial charge on any atom is -0.457 e. The minimum absolute atomic E-state index is 0.0673. The number of hydrogen-bond donors (Lipinski definition) is 1. The summed E-state index contributed by atoms with van der Waals surface area (Å²) >= 11 is 0. The van der Waals surface area contributed by atoms with Crippen molar-refractivity contribution in [3.63, 3.8) is 0 Å². The summed E-state index contributed by atoms with van der Waals surface area (Å²) in [4.78, 5) is 25.9. The maximum Gasteiger partial charge on any atom is 0.244 e. The van der Waals surface area contributed by atoms with Crippen LogP contribution in [0.3, 0.4) is 0 Å². The van der Waals surface area contributed by atoms with Crippen molar-refractivity contribution in [2.75, 3.05) is 16.8 Å². The molecule has 3 aromatic carbocycles. The topological polar surface area (TPSA) is 58.6 Å². The quantitative estimate of drug-likeness (QED) is 0.675. The van der Waals surface area contributed by atoms with Gasteiger partial charge in [-0.25, -0.2) is 0 Å². The number of nitrogens with zero attached hydrogens (tertiary/aromatic N) is 1. The molecule has 3 aromatic rings. The number of nitrogens with one attached hydrogen (secondary N) is 1. The summed E-state index contributed by atoms with van der Waals surface area (Å²) in [5.74, 6) is 0.917. The van der Waals surface area contributed by atoms with Crippen LogP contribution in [0.15, 0.2) is 78.9 Å². The first-order valence-electron chi connectivity index (χ1n) is 8.99. The molecule has 0 unspecified atom stereocenters. The molecule has 2 amide bonds. The number of carbonyl (C=O) groups is 2. The fourth-order valence-electron chi connectivity index (χ4n) is 2.77. The fraction of sp³-hybridized carbons (Fsp3) is 0.130. The Morgan fingerprint density at radius 1 is 0.893 bits per heavy atom. The van der Waals surface area contributed by atoms with Gasteiger partial charge in [0.25, 0.3) is 0 Å². The molecule has 0 spiro atoms. The van der Waals surface area contributed by atoms with Crippen molar-refractivity contribution >= 4 is 23.2 Å². The molecular formula is C23H22N2O3. The van der Waals surface area contributed by atoms with Gasteiger partial charge in [-0.05, 0) is 61.0 Å². The summed E-state index contributed by atoms with van der Waals surface area (Å²) < 4.78 is 5.76. The lowest BCUT2D eigenvalue weighted by Crippen LogP contribution is -2.36. The molecule has 0 radical (unpaired) electrons. The average molecular weight is 374 g/mol. The molecule has 5 heteroatoms. The number of rotatable bonds is 6. The van der Waals surface area contributed by atoms with Crippen LogP contribution in [-0.2, 0) is 9.59 Å². The van der Waals surface area contributed by atoms with E-state index in [-0.39, 0.29) is 18.4 Å². The van der Waals surface area contributed by atoms with Gasteiger partial charge in [0.2, 0.25) is 11.8 Å². The first kappa shape index (κ1) is 19.2. The predicted molar refractivity (Wildman–Crippen MR) is 111 cm³/mol. The van der Waals surface area contributed by atoms with Crippen molar-refractivity contribution in [3.8, 4) is 11.5 Å². The Morgan fingerprint density at radius 3 is 2.21 bits per heavy atom. The van der Waals surface area contributed by atoms with Crippen LogP contribution in [0.4, 0.5) is 11.4 Å². The Bertz CT molecular complexity index is 953. The van der Waals surface area contributed by atoms with Gasteiger partial charge in [-0.15, -0.1) is 0 Å². The third-order valence-corrected chi connectivity index (χ3v) is 4.11. The SMILES string of the molecule is CC(=O)N(CC(=O)Nc1cccc(C)c1)c1ccc(Oc2ccccc2)cc1. The van der Waals surface area contributed by atoms with Gasteiger partial charge in [-0.2, -0.15) is 0 Å². The average Bonchev–Trinajstić information content (AvgIpc) is 2.67. The van der Waals surface area contributed by atoms with Gasteiger partial charge in [0.1, 0.15) is 18.0 Å². The lowest BCUT2D eigenvalue weighted by atomic mass is 10.2. The van der Waals surface area contributed by atoms with Crippen molar-refractivity contribution < 1.29 is 14.3 Å². The number of benzene rings is 3. The first-order chi connectivity index (χ1) is 13.5. The Labute approximate surface area is 164 Å². The van der Waals surface area contributed by atoms with Crippen LogP contribution in [0.5, 0.6) is 11.5 Å². The van der Waals surface area contributed by atoms with Crippen molar-refractivity contribution in [2.24, 2.45) is 0 Å². The van der Waals surface area contributed by atoms with Gasteiger partial charge in [0.15, 0.2) is 0 Å². The summed E-state index contributed by atoms with van der Waals surface area (Å²) in [6.45, 7) is 3.33. The molecule has 142 valence electrons. The van der Waals surface area contributed by atoms with E-state index >= 15 is 0 Å². The van der Waals surface area contributed by atoms with E-state index < -0.39 is 0 Å². The van der Waals surface area contributed by atoms with Crippen LogP contribution in [0.1, 0.15) is 12.5 Å². The Kier molecular flexibility index (Phi) is 6.07. The fourth-order valence-corrected chi connectivity index (χ4v) is 2.77. The molecule has 0 bridgehead atoms. The van der Waals surface area contributed by atoms with Crippen molar-refractivity contribution in [3.05, 3.63) is 84.4 Å². The van der Waals surface area contributed by atoms with Gasteiger partial charge >= 0.3 is 0 Å². The second kappa shape index (κ2) is 8.86. The number of amides is 2. The highest BCUT2D eigenvalue weighted by atomic mass is 16.5. The lowest BCUT2D eigenvalue weighted by molar-refractivity contribution is -0.120. The normalized spacial score (nSPS) is 10.2. The molecule has 0 atom stereocenters. The third kappa shape index (κ3) is 5.20. The van der Waals surface area contributed by atoms with Gasteiger partial charge in [-0.3, -0.25) is 9.59 Å². The van der Waals surface area contributed by atoms with E-state index in [2.05, 4.69) is 5.32 Å². The molecule has 0 aliphatic heterocycles. The zero-order chi connectivity index (χ0) is 19.9. The summed E-state index contributed by atoms with van der Waals surface area (Å²) in [5, 5.41) is 2.82. The molecule has 0 aliphatic rings. The second-order valence-corrected chi connectivity index (χ2v) is 6.43. The van der Waals surface area contributed by atoms with Gasteiger partial charge in [0, 0.05) is 18.3 Å². The van der Waals surface area contributed by atoms with Crippen LogP contribution in [-0.4, -0.2) is 18.4 Å². The van der Waals surface area contributed by atoms with Crippen molar-refractivity contribution in [2.45, 2.75) is 13.8 Å². The van der Waals surface area contributed by atoms with Crippen LogP contribution in [0, 0.1) is 6.92 Å². The van der Waals surface area contributed by atoms with Gasteiger partial charge in [0.05, 0.1) is 0 Å². The Balaban J connectivity index is 1.67. The molecule has 0 saturated carbocycles. The van der Waals surface area contributed by atoms with E-state index in [9.17, 15) is 9.59 Å². The van der Waals surface area contributed by atoms with E-state index in [0.717, 1.165) is 11.3 Å². The largest absolute Gasteiger partial charge is 0.457 e. The molecule has 0 heterocycles. The molecule has 3 rings (SSSR count). The Morgan fingerprint density at radius 2 is 1.57 bits per heavy atom. The third-order valence-electron chi connectivity index (χ3n) is 4.11. The second-order valence-electron chi connectivity index (χ2n) is 6.43. The van der Waals surface area contributed by atoms with Crippen LogP contribution >= 0.6 is 0 Å². The van der Waals surface area contributed by atoms with E-state index in [4.69, 9.17) is 4.74 Å². The maximum atomic E-state index is 12.4. The maximum absolute atomic E-state index is 12.4. The van der Waals surface area contributed by atoms with E-state index in [1.54, 1.807) is 24.3 Å². The predicted octanol–water partition coefficient (Wildman–Crippen LogP) is 4.78. The molecule has 1 N–H and O–H groups in total. The number of aryl methyl sites for hydroxylation is 1. The summed E-state index contributed by atoms with van der Waals surface area (Å²) in [7, 11) is 0. The van der Waals surface area contributed by atoms with Gasteiger partial charge < -0.3 is 15.0 Å². The van der Waals surface area contributed by atoms with E-state index in [0.29, 0.717) is 17.1 Å². The number of hydrogen-bond acceptors (Lipinski definition) is 3. The smallest absolute Gasteiger partial charge is 0.244 e. The zero-order valence-corrected chi connectivity index (χ0v) is 15.9. The molecule has 0 aromatic heterocycles. The molecule has 0 aliphatic carbocycles. The van der Waals surface area contributed by atoms with Crippen LogP contribution < -0.4 is 15.0 Å². The molecule has 0 saturated heterocycles. The van der Waals surface area contributed by atoms with E-state index in [1.165, 1.54) is 11.8 Å². The molecule has 28 heavy (non-hydrogen) atoms.